The van der Waals surface area contributed by atoms with Crippen LogP contribution in [-0.4, -0.2) is 21.0 Å². The predicted octanol–water partition coefficient (Wildman–Crippen LogP) is 4.36. The molecule has 0 saturated heterocycles. The summed E-state index contributed by atoms with van der Waals surface area (Å²) in [6, 6.07) is 3.58. The van der Waals surface area contributed by atoms with E-state index < -0.39 is 0 Å². The molecule has 0 bridgehead atoms. The third-order valence-electron chi connectivity index (χ3n) is 1.63. The fourth-order valence-electron chi connectivity index (χ4n) is 0.881. The van der Waals surface area contributed by atoms with Crippen LogP contribution in [0.4, 0.5) is 5.82 Å². The number of nitrogens with zero attached hydrogens (tertiary/aromatic N) is 1. The molecule has 6 heteroatoms. The minimum absolute atomic E-state index is 0.0794. The van der Waals surface area contributed by atoms with E-state index in [1.54, 1.807) is 12.3 Å². The number of pyridine rings is 1. The van der Waals surface area contributed by atoms with Crippen molar-refractivity contribution in [2.45, 2.75) is 25.1 Å². The van der Waals surface area contributed by atoms with Crippen molar-refractivity contribution in [1.82, 2.24) is 4.98 Å². The van der Waals surface area contributed by atoms with Crippen LogP contribution in [0.15, 0.2) is 22.8 Å². The Balaban J connectivity index is 0.00000121. The largest absolute Gasteiger partial charge is 0.310 e. The van der Waals surface area contributed by atoms with Gasteiger partial charge < -0.3 is 5.32 Å². The minimum Gasteiger partial charge on any atom is -0.310 e. The molecule has 0 saturated carbocycles. The number of nitrogens with one attached hydrogen (secondary N) is 1. The van der Waals surface area contributed by atoms with E-state index in [1.807, 2.05) is 19.9 Å². The fourth-order valence-corrected chi connectivity index (χ4v) is 2.53. The molecule has 1 heterocycles. The van der Waals surface area contributed by atoms with Crippen LogP contribution in [0.25, 0.3) is 0 Å². The summed E-state index contributed by atoms with van der Waals surface area (Å²) >= 11 is 9.85. The summed E-state index contributed by atoms with van der Waals surface area (Å²) in [4.78, 5) is 15.4. The highest BCUT2D eigenvalue weighted by molar-refractivity contribution is 9.10. The van der Waals surface area contributed by atoms with Crippen molar-refractivity contribution in [3.05, 3.63) is 22.8 Å². The van der Waals surface area contributed by atoms with Crippen LogP contribution in [-0.2, 0) is 4.79 Å². The fraction of sp³-hybridized carbons (Fsp3) is 0.455. The highest BCUT2D eigenvalue weighted by atomic mass is 79.9. The molecule has 0 aliphatic heterocycles. The van der Waals surface area contributed by atoms with Crippen molar-refractivity contribution >= 4 is 59.5 Å². The van der Waals surface area contributed by atoms with Gasteiger partial charge in [-0.2, -0.15) is 0 Å². The topological polar surface area (TPSA) is 42.0 Å². The Labute approximate surface area is 127 Å². The second-order valence-electron chi connectivity index (χ2n) is 2.80. The SMILES string of the molecule is CC.O=C(Nc1ccc(Br)cn1)C(Br)CCBr. The molecule has 3 nitrogen and oxygen atoms in total. The van der Waals surface area contributed by atoms with Gasteiger partial charge in [-0.25, -0.2) is 4.98 Å². The normalized spacial score (nSPS) is 11.1. The third kappa shape index (κ3) is 7.16. The highest BCUT2D eigenvalue weighted by Gasteiger charge is 2.14. The van der Waals surface area contributed by atoms with Crippen molar-refractivity contribution in [1.29, 1.82) is 0 Å². The van der Waals surface area contributed by atoms with Gasteiger partial charge in [0.2, 0.25) is 5.91 Å². The van der Waals surface area contributed by atoms with Gasteiger partial charge in [-0.15, -0.1) is 0 Å². The monoisotopic (exact) mass is 428 g/mol. The molecule has 0 spiro atoms. The Kier molecular flexibility index (Phi) is 10.1. The summed E-state index contributed by atoms with van der Waals surface area (Å²) in [5, 5.41) is 3.50. The van der Waals surface area contributed by atoms with Gasteiger partial charge in [0.15, 0.2) is 0 Å². The van der Waals surface area contributed by atoms with E-state index in [0.29, 0.717) is 5.82 Å². The summed E-state index contributed by atoms with van der Waals surface area (Å²) in [6.07, 6.45) is 2.38. The lowest BCUT2D eigenvalue weighted by molar-refractivity contribution is -0.115. The van der Waals surface area contributed by atoms with Gasteiger partial charge in [0.05, 0.1) is 4.83 Å². The number of carbonyl (C=O) groups is 1. The number of aromatic nitrogens is 1. The van der Waals surface area contributed by atoms with E-state index in [0.717, 1.165) is 16.2 Å². The van der Waals surface area contributed by atoms with Crippen LogP contribution in [0.3, 0.4) is 0 Å². The molecule has 0 aliphatic carbocycles. The van der Waals surface area contributed by atoms with Crippen LogP contribution in [0, 0.1) is 0 Å². The first-order valence-corrected chi connectivity index (χ1v) is 8.09. The number of anilines is 1. The second-order valence-corrected chi connectivity index (χ2v) is 5.61. The summed E-state index contributed by atoms with van der Waals surface area (Å²) in [7, 11) is 0. The standard InChI is InChI=1S/C9H9Br3N2O.C2H6/c10-4-3-7(12)9(15)14-8-2-1-6(11)5-13-8;1-2/h1-2,5,7H,3-4H2,(H,13,14,15);1-2H3. The first-order chi connectivity index (χ1) is 8.13. The number of halogens is 3. The van der Waals surface area contributed by atoms with Gasteiger partial charge in [-0.05, 0) is 34.5 Å². The van der Waals surface area contributed by atoms with Gasteiger partial charge >= 0.3 is 0 Å². The Morgan fingerprint density at radius 2 is 2.12 bits per heavy atom. The maximum Gasteiger partial charge on any atom is 0.239 e. The average Bonchev–Trinajstić information content (AvgIpc) is 2.35. The molecule has 1 atom stereocenters. The molecular formula is C11H15Br3N2O. The van der Waals surface area contributed by atoms with Crippen LogP contribution in [0.1, 0.15) is 20.3 Å². The number of alkyl halides is 2. The molecule has 17 heavy (non-hydrogen) atoms. The number of rotatable bonds is 4. The Bertz CT molecular complexity index is 330. The molecule has 96 valence electrons. The molecule has 1 rings (SSSR count). The third-order valence-corrected chi connectivity index (χ3v) is 3.43. The molecular weight excluding hydrogens is 416 g/mol. The van der Waals surface area contributed by atoms with Crippen molar-refractivity contribution in [2.75, 3.05) is 10.6 Å². The Morgan fingerprint density at radius 3 is 2.59 bits per heavy atom. The van der Waals surface area contributed by atoms with E-state index >= 15 is 0 Å². The van der Waals surface area contributed by atoms with E-state index in [9.17, 15) is 4.79 Å². The van der Waals surface area contributed by atoms with Gasteiger partial charge in [-0.1, -0.05) is 45.7 Å². The molecule has 1 unspecified atom stereocenters. The molecule has 0 aliphatic rings. The predicted molar refractivity (Wildman–Crippen MR) is 83.0 cm³/mol. The average molecular weight is 431 g/mol. The van der Waals surface area contributed by atoms with Gasteiger partial charge in [-0.3, -0.25) is 4.79 Å². The van der Waals surface area contributed by atoms with Crippen LogP contribution in [0.5, 0.6) is 0 Å². The summed E-state index contributed by atoms with van der Waals surface area (Å²) in [5.41, 5.74) is 0. The number of hydrogen-bond donors (Lipinski definition) is 1. The number of hydrogen-bond acceptors (Lipinski definition) is 2. The lowest BCUT2D eigenvalue weighted by atomic mass is 10.3. The van der Waals surface area contributed by atoms with Crippen molar-refractivity contribution < 1.29 is 4.79 Å². The highest BCUT2D eigenvalue weighted by Crippen LogP contribution is 2.13. The number of amides is 1. The van der Waals surface area contributed by atoms with Crippen LogP contribution in [0.2, 0.25) is 0 Å². The first kappa shape index (κ1) is 17.1. The zero-order valence-electron chi connectivity index (χ0n) is 9.71. The molecule has 1 amide bonds. The maximum atomic E-state index is 11.6. The zero-order chi connectivity index (χ0) is 13.3. The van der Waals surface area contributed by atoms with Crippen LogP contribution >= 0.6 is 47.8 Å². The Hall–Kier alpha value is 0.0600. The van der Waals surface area contributed by atoms with Crippen molar-refractivity contribution in [3.8, 4) is 0 Å². The lowest BCUT2D eigenvalue weighted by Crippen LogP contribution is -2.23. The zero-order valence-corrected chi connectivity index (χ0v) is 14.5. The first-order valence-electron chi connectivity index (χ1n) is 5.26. The van der Waals surface area contributed by atoms with E-state index in [2.05, 4.69) is 58.1 Å². The lowest BCUT2D eigenvalue weighted by Gasteiger charge is -2.08. The van der Waals surface area contributed by atoms with E-state index in [4.69, 9.17) is 0 Å². The summed E-state index contributed by atoms with van der Waals surface area (Å²) in [6.45, 7) is 4.00. The molecule has 0 aromatic carbocycles. The quantitative estimate of drug-likeness (QED) is 0.721. The second kappa shape index (κ2) is 10.0. The van der Waals surface area contributed by atoms with Crippen molar-refractivity contribution in [2.24, 2.45) is 0 Å². The van der Waals surface area contributed by atoms with Crippen LogP contribution < -0.4 is 5.32 Å². The molecule has 1 aromatic rings. The van der Waals surface area contributed by atoms with Gasteiger partial charge in [0, 0.05) is 16.0 Å². The van der Waals surface area contributed by atoms with Crippen molar-refractivity contribution in [3.63, 3.8) is 0 Å². The maximum absolute atomic E-state index is 11.6. The van der Waals surface area contributed by atoms with E-state index in [1.165, 1.54) is 0 Å². The van der Waals surface area contributed by atoms with Gasteiger partial charge in [0.1, 0.15) is 5.82 Å². The van der Waals surface area contributed by atoms with E-state index in [-0.39, 0.29) is 10.7 Å². The minimum atomic E-state index is -0.192. The number of carbonyl (C=O) groups excluding carboxylic acids is 1. The Morgan fingerprint density at radius 1 is 1.47 bits per heavy atom. The molecule has 1 aromatic heterocycles. The summed E-state index contributed by atoms with van der Waals surface area (Å²) < 4.78 is 0.886. The van der Waals surface area contributed by atoms with Gasteiger partial charge in [0.25, 0.3) is 0 Å². The molecule has 1 N–H and O–H groups in total. The molecule has 0 fully saturated rings. The smallest absolute Gasteiger partial charge is 0.239 e. The molecule has 0 radical (unpaired) electrons. The summed E-state index contributed by atoms with van der Waals surface area (Å²) in [5.74, 6) is 0.478.